The number of azide groups is 1. The van der Waals surface area contributed by atoms with Crippen LogP contribution in [0.3, 0.4) is 0 Å². The molecule has 10 heteroatoms. The van der Waals surface area contributed by atoms with Gasteiger partial charge in [-0.1, -0.05) is 0 Å². The number of halogens is 5. The van der Waals surface area contributed by atoms with Gasteiger partial charge in [-0.15, -0.1) is 5.53 Å². The molecule has 17 heavy (non-hydrogen) atoms. The van der Waals surface area contributed by atoms with E-state index in [9.17, 15) is 26.7 Å². The molecule has 0 aromatic heterocycles. The molecule has 1 aromatic rings. The summed E-state index contributed by atoms with van der Waals surface area (Å²) >= 11 is 0. The highest BCUT2D eigenvalue weighted by Gasteiger charge is 2.30. The molecule has 5 nitrogen and oxygen atoms in total. The van der Waals surface area contributed by atoms with E-state index in [1.54, 1.807) is 0 Å². The minimum absolute atomic E-state index is 1.24. The third-order valence-electron chi connectivity index (χ3n) is 1.63. The van der Waals surface area contributed by atoms with Crippen molar-refractivity contribution >= 4 is 5.91 Å². The zero-order valence-corrected chi connectivity index (χ0v) is 7.64. The molecule has 1 aromatic carbocycles. The number of nitrogens with one attached hydrogen (secondary N) is 1. The van der Waals surface area contributed by atoms with Gasteiger partial charge < -0.3 is 0 Å². The Morgan fingerprint density at radius 2 is 1.41 bits per heavy atom. The lowest BCUT2D eigenvalue weighted by Gasteiger charge is -2.04. The first-order valence-corrected chi connectivity index (χ1v) is 3.77. The van der Waals surface area contributed by atoms with Crippen LogP contribution in [0.5, 0.6) is 0 Å². The Hall–Kier alpha value is -2.35. The summed E-state index contributed by atoms with van der Waals surface area (Å²) < 4.78 is 63.8. The lowest BCUT2D eigenvalue weighted by Crippen LogP contribution is -2.22. The van der Waals surface area contributed by atoms with Gasteiger partial charge >= 0.3 is 5.91 Å². The van der Waals surface area contributed by atoms with E-state index in [1.165, 1.54) is 5.43 Å². The van der Waals surface area contributed by atoms with Gasteiger partial charge in [0.15, 0.2) is 23.3 Å². The van der Waals surface area contributed by atoms with Crippen LogP contribution in [0.25, 0.3) is 10.4 Å². The zero-order chi connectivity index (χ0) is 13.2. The third-order valence-corrected chi connectivity index (χ3v) is 1.63. The minimum atomic E-state index is -2.39. The standard InChI is InChI=1S/C7HF5N4O/c8-2-1(7(17)14-16-15-13)3(9)5(11)6(12)4(2)10/h(H,14,17). The summed E-state index contributed by atoms with van der Waals surface area (Å²) in [4.78, 5) is 13.0. The summed E-state index contributed by atoms with van der Waals surface area (Å²) in [6.45, 7) is 0. The fraction of sp³-hybridized carbons (Fsp3) is 0. The van der Waals surface area contributed by atoms with E-state index in [0.29, 0.717) is 0 Å². The number of carbonyl (C=O) groups is 1. The molecule has 0 atom stereocenters. The number of nitrogens with zero attached hydrogens (tertiary/aromatic N) is 3. The molecule has 0 saturated heterocycles. The maximum atomic E-state index is 13.0. The first-order chi connectivity index (χ1) is 7.91. The molecule has 0 fully saturated rings. The predicted octanol–water partition coefficient (Wildman–Crippen LogP) is 2.34. The van der Waals surface area contributed by atoms with Crippen molar-refractivity contribution in [2.24, 2.45) is 5.22 Å². The van der Waals surface area contributed by atoms with E-state index in [-0.39, 0.29) is 0 Å². The Balaban J connectivity index is 3.43. The molecule has 0 unspecified atom stereocenters. The van der Waals surface area contributed by atoms with Gasteiger partial charge in [-0.3, -0.25) is 0 Å². The van der Waals surface area contributed by atoms with Crippen LogP contribution in [0.2, 0.25) is 0 Å². The van der Waals surface area contributed by atoms with Gasteiger partial charge in [0.05, 0.1) is 0 Å². The van der Waals surface area contributed by atoms with Gasteiger partial charge in [-0.25, -0.2) is 26.7 Å². The molecular formula is C7HF5N4O. The molecule has 0 aliphatic rings. The summed E-state index contributed by atoms with van der Waals surface area (Å²) in [6.07, 6.45) is 0. The predicted molar refractivity (Wildman–Crippen MR) is 42.8 cm³/mol. The normalized spacial score (nSPS) is 9.71. The van der Waals surface area contributed by atoms with Gasteiger partial charge in [0.25, 0.3) is 0 Å². The van der Waals surface area contributed by atoms with Crippen LogP contribution in [0.1, 0.15) is 10.4 Å². The number of carbonyl (C=O) groups excluding carboxylic acids is 1. The monoisotopic (exact) mass is 252 g/mol. The van der Waals surface area contributed by atoms with Crippen molar-refractivity contribution in [2.75, 3.05) is 0 Å². The highest BCUT2D eigenvalue weighted by atomic mass is 19.2. The second-order valence-electron chi connectivity index (χ2n) is 2.58. The summed E-state index contributed by atoms with van der Waals surface area (Å²) in [6, 6.07) is 0. The molecule has 1 rings (SSSR count). The first-order valence-electron chi connectivity index (χ1n) is 3.77. The fourth-order valence-corrected chi connectivity index (χ4v) is 0.928. The average molecular weight is 252 g/mol. The van der Waals surface area contributed by atoms with Crippen molar-refractivity contribution in [3.05, 3.63) is 45.1 Å². The highest BCUT2D eigenvalue weighted by molar-refractivity contribution is 5.94. The minimum Gasteiger partial charge on any atom is -0.240 e. The fourth-order valence-electron chi connectivity index (χ4n) is 0.928. The van der Waals surface area contributed by atoms with Crippen LogP contribution in [-0.2, 0) is 0 Å². The van der Waals surface area contributed by atoms with Crippen LogP contribution >= 0.6 is 0 Å². The summed E-state index contributed by atoms with van der Waals surface area (Å²) in [7, 11) is 0. The Morgan fingerprint density at radius 1 is 1.00 bits per heavy atom. The largest absolute Gasteiger partial charge is 0.348 e. The van der Waals surface area contributed by atoms with Crippen LogP contribution in [0, 0.1) is 29.1 Å². The van der Waals surface area contributed by atoms with E-state index in [0.717, 1.165) is 0 Å². The van der Waals surface area contributed by atoms with Crippen molar-refractivity contribution < 1.29 is 26.7 Å². The molecule has 0 radical (unpaired) electrons. The molecule has 1 amide bonds. The van der Waals surface area contributed by atoms with Gasteiger partial charge in [-0.05, 0) is 5.22 Å². The summed E-state index contributed by atoms with van der Waals surface area (Å²) in [5, 5.41) is 2.42. The Labute approximate surface area is 89.4 Å². The van der Waals surface area contributed by atoms with Crippen molar-refractivity contribution in [1.82, 2.24) is 5.43 Å². The Bertz CT molecular complexity index is 511. The van der Waals surface area contributed by atoms with Gasteiger partial charge in [0.2, 0.25) is 5.82 Å². The Morgan fingerprint density at radius 3 is 1.82 bits per heavy atom. The summed E-state index contributed by atoms with van der Waals surface area (Å²) in [5.74, 6) is -13.3. The second-order valence-corrected chi connectivity index (χ2v) is 2.58. The number of rotatable bonds is 2. The molecule has 0 saturated carbocycles. The van der Waals surface area contributed by atoms with E-state index >= 15 is 0 Å². The van der Waals surface area contributed by atoms with Crippen molar-refractivity contribution in [3.63, 3.8) is 0 Å². The molecule has 0 aliphatic heterocycles. The number of benzene rings is 1. The van der Waals surface area contributed by atoms with Crippen LogP contribution in [0.4, 0.5) is 22.0 Å². The third kappa shape index (κ3) is 2.11. The van der Waals surface area contributed by atoms with Crippen LogP contribution in [-0.4, -0.2) is 5.91 Å². The van der Waals surface area contributed by atoms with Gasteiger partial charge in [-0.2, -0.15) is 10.3 Å². The first kappa shape index (κ1) is 12.7. The maximum absolute atomic E-state index is 13.0. The quantitative estimate of drug-likeness (QED) is 0.164. The van der Waals surface area contributed by atoms with E-state index < -0.39 is 40.6 Å². The number of hydrogen-bond donors (Lipinski definition) is 1. The van der Waals surface area contributed by atoms with Crippen LogP contribution < -0.4 is 5.43 Å². The van der Waals surface area contributed by atoms with Gasteiger partial charge in [0.1, 0.15) is 5.56 Å². The van der Waals surface area contributed by atoms with E-state index in [1.807, 2.05) is 4.91 Å². The molecule has 0 bridgehead atoms. The molecule has 90 valence electrons. The van der Waals surface area contributed by atoms with Crippen molar-refractivity contribution in [1.29, 1.82) is 0 Å². The number of hydrogen-bond acceptors (Lipinski definition) is 2. The molecule has 0 heterocycles. The van der Waals surface area contributed by atoms with E-state index in [2.05, 4.69) is 5.22 Å². The lowest BCUT2D eigenvalue weighted by molar-refractivity contribution is 0.0942. The smallest absolute Gasteiger partial charge is 0.240 e. The average Bonchev–Trinajstić information content (AvgIpc) is 2.31. The second kappa shape index (κ2) is 4.66. The maximum Gasteiger partial charge on any atom is 0.348 e. The van der Waals surface area contributed by atoms with Crippen molar-refractivity contribution in [3.8, 4) is 0 Å². The zero-order valence-electron chi connectivity index (χ0n) is 7.64. The van der Waals surface area contributed by atoms with Crippen molar-refractivity contribution in [2.45, 2.75) is 0 Å². The molecule has 1 N–H and O–H groups in total. The number of amides is 1. The lowest BCUT2D eigenvalue weighted by atomic mass is 10.1. The highest BCUT2D eigenvalue weighted by Crippen LogP contribution is 2.22. The van der Waals surface area contributed by atoms with Crippen LogP contribution in [0.15, 0.2) is 5.22 Å². The van der Waals surface area contributed by atoms with E-state index in [4.69, 9.17) is 5.53 Å². The topological polar surface area (TPSA) is 77.9 Å². The SMILES string of the molecule is [N-]=[N+]=NNC(=O)c1c(F)c(F)c(F)c(F)c1F. The Kier molecular flexibility index (Phi) is 3.49. The summed E-state index contributed by atoms with van der Waals surface area (Å²) in [5.41, 5.74) is 7.31. The molecule has 0 aliphatic carbocycles. The molecule has 0 spiro atoms. The van der Waals surface area contributed by atoms with Gasteiger partial charge in [0, 0.05) is 0 Å². The molecular weight excluding hydrogens is 251 g/mol.